The van der Waals surface area contributed by atoms with Gasteiger partial charge in [0.1, 0.15) is 11.3 Å². The Kier molecular flexibility index (Phi) is 8.42. The molecule has 0 atom stereocenters. The van der Waals surface area contributed by atoms with Gasteiger partial charge < -0.3 is 29.3 Å². The number of aryl methyl sites for hydroxylation is 1. The van der Waals surface area contributed by atoms with Crippen molar-refractivity contribution >= 4 is 34.6 Å². The molecule has 2 heterocycles. The SMILES string of the molecule is COc1ccc(CCNc2nc(NC(=O)Nc3ccccc3C)nc(Oc3cc(=O)oc4ccccc34)n2)cc1OC. The molecule has 2 amide bonds. The van der Waals surface area contributed by atoms with Crippen molar-refractivity contribution in [3.8, 4) is 23.3 Å². The number of carbonyl (C=O) groups is 1. The molecule has 12 heteroatoms. The summed E-state index contributed by atoms with van der Waals surface area (Å²) in [6, 6.07) is 20.4. The Morgan fingerprint density at radius 2 is 1.60 bits per heavy atom. The molecule has 0 bridgehead atoms. The van der Waals surface area contributed by atoms with Crippen LogP contribution in [0.3, 0.4) is 0 Å². The molecule has 0 radical (unpaired) electrons. The first kappa shape index (κ1) is 27.9. The first-order chi connectivity index (χ1) is 20.4. The van der Waals surface area contributed by atoms with Crippen LogP contribution in [0.2, 0.25) is 0 Å². The van der Waals surface area contributed by atoms with E-state index in [0.29, 0.717) is 41.1 Å². The molecule has 42 heavy (non-hydrogen) atoms. The molecule has 0 saturated carbocycles. The van der Waals surface area contributed by atoms with Gasteiger partial charge in [-0.05, 0) is 54.8 Å². The lowest BCUT2D eigenvalue weighted by molar-refractivity contribution is 0.262. The van der Waals surface area contributed by atoms with E-state index in [9.17, 15) is 9.59 Å². The average Bonchev–Trinajstić information content (AvgIpc) is 2.98. The number of fused-ring (bicyclic) bond motifs is 1. The van der Waals surface area contributed by atoms with Crippen molar-refractivity contribution in [1.29, 1.82) is 0 Å². The number of hydrogen-bond acceptors (Lipinski definition) is 10. The van der Waals surface area contributed by atoms with E-state index < -0.39 is 11.7 Å². The quantitative estimate of drug-likeness (QED) is 0.187. The first-order valence-electron chi connectivity index (χ1n) is 13.0. The van der Waals surface area contributed by atoms with Crippen molar-refractivity contribution in [2.24, 2.45) is 0 Å². The highest BCUT2D eigenvalue weighted by atomic mass is 16.5. The molecule has 5 rings (SSSR count). The number of carbonyl (C=O) groups excluding carboxylic acids is 1. The number of nitrogens with zero attached hydrogens (tertiary/aromatic N) is 3. The van der Waals surface area contributed by atoms with Gasteiger partial charge in [-0.1, -0.05) is 36.4 Å². The van der Waals surface area contributed by atoms with Crippen molar-refractivity contribution in [2.75, 3.05) is 36.7 Å². The topological polar surface area (TPSA) is 150 Å². The van der Waals surface area contributed by atoms with Gasteiger partial charge in [-0.3, -0.25) is 5.32 Å². The van der Waals surface area contributed by atoms with Gasteiger partial charge in [-0.2, -0.15) is 15.0 Å². The Labute approximate surface area is 240 Å². The first-order valence-corrected chi connectivity index (χ1v) is 13.0. The molecular weight excluding hydrogens is 540 g/mol. The molecule has 0 aliphatic rings. The second-order valence-electron chi connectivity index (χ2n) is 9.05. The molecule has 214 valence electrons. The minimum atomic E-state index is -0.595. The Bertz CT molecular complexity index is 1790. The maximum atomic E-state index is 12.8. The van der Waals surface area contributed by atoms with E-state index in [4.69, 9.17) is 18.6 Å². The number of nitrogens with one attached hydrogen (secondary N) is 3. The fourth-order valence-corrected chi connectivity index (χ4v) is 4.12. The van der Waals surface area contributed by atoms with Crippen LogP contribution in [0.5, 0.6) is 23.3 Å². The normalized spacial score (nSPS) is 10.6. The Morgan fingerprint density at radius 1 is 0.833 bits per heavy atom. The summed E-state index contributed by atoms with van der Waals surface area (Å²) in [4.78, 5) is 37.9. The fraction of sp³-hybridized carbons (Fsp3) is 0.167. The second-order valence-corrected chi connectivity index (χ2v) is 9.05. The Hall–Kier alpha value is -5.65. The third-order valence-electron chi connectivity index (χ3n) is 6.19. The van der Waals surface area contributed by atoms with Crippen LogP contribution in [-0.4, -0.2) is 41.7 Å². The number of urea groups is 1. The lowest BCUT2D eigenvalue weighted by Gasteiger charge is -2.12. The summed E-state index contributed by atoms with van der Waals surface area (Å²) < 4.78 is 21.9. The molecule has 3 aromatic carbocycles. The van der Waals surface area contributed by atoms with Crippen LogP contribution in [-0.2, 0) is 6.42 Å². The zero-order valence-corrected chi connectivity index (χ0v) is 23.1. The van der Waals surface area contributed by atoms with Crippen molar-refractivity contribution in [1.82, 2.24) is 15.0 Å². The monoisotopic (exact) mass is 568 g/mol. The summed E-state index contributed by atoms with van der Waals surface area (Å²) in [5.41, 5.74) is 2.26. The molecular formula is C30H28N6O6. The van der Waals surface area contributed by atoms with Crippen molar-refractivity contribution in [2.45, 2.75) is 13.3 Å². The summed E-state index contributed by atoms with van der Waals surface area (Å²) in [5, 5.41) is 9.09. The standard InChI is InChI=1S/C30H28N6O6/c1-18-8-4-6-10-21(18)32-29(38)34-28-33-27(31-15-14-19-12-13-23(39-2)25(16-19)40-3)35-30(36-28)42-24-17-26(37)41-22-11-7-5-9-20(22)24/h4-13,16-17H,14-15H2,1-3H3,(H3,31,32,33,34,35,36,38). The number of anilines is 3. The number of hydrogen-bond donors (Lipinski definition) is 3. The molecule has 0 aliphatic heterocycles. The molecule has 3 N–H and O–H groups in total. The van der Waals surface area contributed by atoms with Gasteiger partial charge in [0, 0.05) is 12.2 Å². The van der Waals surface area contributed by atoms with E-state index in [1.807, 2.05) is 43.3 Å². The van der Waals surface area contributed by atoms with Gasteiger partial charge >= 0.3 is 17.7 Å². The summed E-state index contributed by atoms with van der Waals surface area (Å²) >= 11 is 0. The lowest BCUT2D eigenvalue weighted by Crippen LogP contribution is -2.22. The van der Waals surface area contributed by atoms with Crippen molar-refractivity contribution in [3.05, 3.63) is 94.3 Å². The molecule has 0 spiro atoms. The number of ether oxygens (including phenoxy) is 3. The molecule has 12 nitrogen and oxygen atoms in total. The number of rotatable bonds is 10. The highest BCUT2D eigenvalue weighted by molar-refractivity contribution is 5.99. The van der Waals surface area contributed by atoms with Crippen LogP contribution in [0.25, 0.3) is 11.0 Å². The fourth-order valence-electron chi connectivity index (χ4n) is 4.12. The predicted octanol–water partition coefficient (Wildman–Crippen LogP) is 5.39. The average molecular weight is 569 g/mol. The van der Waals surface area contributed by atoms with E-state index in [2.05, 4.69) is 30.9 Å². The number of aromatic nitrogens is 3. The van der Waals surface area contributed by atoms with Gasteiger partial charge in [-0.15, -0.1) is 0 Å². The number of para-hydroxylation sites is 2. The smallest absolute Gasteiger partial charge is 0.339 e. The van der Waals surface area contributed by atoms with Crippen LogP contribution in [0.1, 0.15) is 11.1 Å². The minimum Gasteiger partial charge on any atom is -0.493 e. The zero-order valence-electron chi connectivity index (χ0n) is 23.1. The summed E-state index contributed by atoms with van der Waals surface area (Å²) in [5.74, 6) is 1.54. The largest absolute Gasteiger partial charge is 0.493 e. The van der Waals surface area contributed by atoms with Crippen molar-refractivity contribution in [3.63, 3.8) is 0 Å². The van der Waals surface area contributed by atoms with Gasteiger partial charge in [-0.25, -0.2) is 9.59 Å². The molecule has 5 aromatic rings. The van der Waals surface area contributed by atoms with Crippen LogP contribution < -0.4 is 35.8 Å². The molecule has 0 saturated heterocycles. The summed E-state index contributed by atoms with van der Waals surface area (Å²) in [6.45, 7) is 2.32. The maximum Gasteiger partial charge on any atom is 0.339 e. The number of methoxy groups -OCH3 is 2. The molecule has 0 aliphatic carbocycles. The van der Waals surface area contributed by atoms with Crippen LogP contribution in [0, 0.1) is 6.92 Å². The number of benzene rings is 3. The zero-order chi connectivity index (χ0) is 29.5. The van der Waals surface area contributed by atoms with Gasteiger partial charge in [0.2, 0.25) is 11.9 Å². The molecule has 0 fully saturated rings. The van der Waals surface area contributed by atoms with Gasteiger partial charge in [0.25, 0.3) is 0 Å². The van der Waals surface area contributed by atoms with E-state index >= 15 is 0 Å². The number of amides is 2. The van der Waals surface area contributed by atoms with Crippen molar-refractivity contribution < 1.29 is 23.4 Å². The van der Waals surface area contributed by atoms with E-state index in [1.165, 1.54) is 6.07 Å². The van der Waals surface area contributed by atoms with Gasteiger partial charge in [0.05, 0.1) is 25.7 Å². The minimum absolute atomic E-state index is 0.0630. The third kappa shape index (κ3) is 6.73. The Morgan fingerprint density at radius 3 is 2.40 bits per heavy atom. The summed E-state index contributed by atoms with van der Waals surface area (Å²) in [6.07, 6.45) is 0.600. The predicted molar refractivity (Wildman–Crippen MR) is 158 cm³/mol. The highest BCUT2D eigenvalue weighted by Gasteiger charge is 2.15. The van der Waals surface area contributed by atoms with Crippen LogP contribution >= 0.6 is 0 Å². The van der Waals surface area contributed by atoms with E-state index in [0.717, 1.165) is 11.1 Å². The summed E-state index contributed by atoms with van der Waals surface area (Å²) in [7, 11) is 3.16. The molecule has 2 aromatic heterocycles. The second kappa shape index (κ2) is 12.7. The maximum absolute atomic E-state index is 12.8. The third-order valence-corrected chi connectivity index (χ3v) is 6.19. The Balaban J connectivity index is 1.39. The lowest BCUT2D eigenvalue weighted by atomic mass is 10.1. The van der Waals surface area contributed by atoms with Gasteiger partial charge in [0.15, 0.2) is 11.5 Å². The van der Waals surface area contributed by atoms with E-state index in [-0.39, 0.29) is 23.7 Å². The van der Waals surface area contributed by atoms with Crippen LogP contribution in [0.15, 0.2) is 82.0 Å². The van der Waals surface area contributed by atoms with Crippen LogP contribution in [0.4, 0.5) is 22.4 Å². The molecule has 0 unspecified atom stereocenters. The highest BCUT2D eigenvalue weighted by Crippen LogP contribution is 2.29. The van der Waals surface area contributed by atoms with E-state index in [1.54, 1.807) is 44.6 Å².